The highest BCUT2D eigenvalue weighted by atomic mass is 19.1. The minimum atomic E-state index is -0.312. The highest BCUT2D eigenvalue weighted by molar-refractivity contribution is 5.83. The van der Waals surface area contributed by atoms with Gasteiger partial charge < -0.3 is 11.1 Å². The fraction of sp³-hybridized carbons (Fsp3) is 0.529. The number of hydrogen-bond donors (Lipinski definition) is 2. The Labute approximate surface area is 135 Å². The minimum Gasteiger partial charge on any atom is -0.369 e. The van der Waals surface area contributed by atoms with E-state index >= 15 is 0 Å². The molecule has 0 unspecified atom stereocenters. The first-order chi connectivity index (χ1) is 11.0. The molecule has 2 aliphatic rings. The van der Waals surface area contributed by atoms with Crippen LogP contribution in [0, 0.1) is 11.7 Å². The van der Waals surface area contributed by atoms with E-state index in [1.165, 1.54) is 12.1 Å². The molecule has 2 atom stereocenters. The molecule has 0 spiro atoms. The van der Waals surface area contributed by atoms with Crippen LogP contribution in [0.1, 0.15) is 30.7 Å². The van der Waals surface area contributed by atoms with Crippen LogP contribution in [-0.2, 0) is 9.59 Å². The number of rotatable bonds is 5. The van der Waals surface area contributed by atoms with Gasteiger partial charge in [0.05, 0.1) is 6.54 Å². The average molecular weight is 319 g/mol. The topological polar surface area (TPSA) is 75.4 Å². The molecule has 5 nitrogen and oxygen atoms in total. The first-order valence-electron chi connectivity index (χ1n) is 8.09. The highest BCUT2D eigenvalue weighted by Gasteiger charge is 2.44. The number of carbonyl (C=O) groups excluding carboxylic acids is 2. The summed E-state index contributed by atoms with van der Waals surface area (Å²) in [5.41, 5.74) is 6.22. The van der Waals surface area contributed by atoms with Gasteiger partial charge in [-0.25, -0.2) is 4.39 Å². The Morgan fingerprint density at radius 3 is 2.48 bits per heavy atom. The summed E-state index contributed by atoms with van der Waals surface area (Å²) in [6, 6.07) is 6.57. The molecular weight excluding hydrogens is 297 g/mol. The number of hydrogen-bond acceptors (Lipinski definition) is 3. The van der Waals surface area contributed by atoms with E-state index in [2.05, 4.69) is 5.32 Å². The Kier molecular flexibility index (Phi) is 4.61. The lowest BCUT2D eigenvalue weighted by Gasteiger charge is -2.31. The van der Waals surface area contributed by atoms with E-state index < -0.39 is 0 Å². The molecule has 1 aromatic rings. The molecule has 2 amide bonds. The number of benzene rings is 1. The first-order valence-corrected chi connectivity index (χ1v) is 8.09. The van der Waals surface area contributed by atoms with Crippen LogP contribution in [-0.4, -0.2) is 42.4 Å². The van der Waals surface area contributed by atoms with Gasteiger partial charge in [0.15, 0.2) is 0 Å². The van der Waals surface area contributed by atoms with Gasteiger partial charge in [-0.15, -0.1) is 0 Å². The van der Waals surface area contributed by atoms with E-state index in [9.17, 15) is 14.0 Å². The summed E-state index contributed by atoms with van der Waals surface area (Å²) >= 11 is 0. The summed E-state index contributed by atoms with van der Waals surface area (Å²) in [6.07, 6.45) is 2.51. The molecular formula is C17H22FN3O2. The van der Waals surface area contributed by atoms with Crippen LogP contribution in [0.2, 0.25) is 0 Å². The number of carbonyl (C=O) groups is 2. The fourth-order valence-electron chi connectivity index (χ4n) is 3.33. The zero-order chi connectivity index (χ0) is 16.4. The number of piperidine rings is 1. The molecule has 0 aromatic heterocycles. The van der Waals surface area contributed by atoms with Crippen molar-refractivity contribution >= 4 is 11.8 Å². The predicted molar refractivity (Wildman–Crippen MR) is 84.0 cm³/mol. The number of nitrogens with two attached hydrogens (primary N) is 1. The summed E-state index contributed by atoms with van der Waals surface area (Å²) < 4.78 is 12.9. The predicted octanol–water partition coefficient (Wildman–Crippen LogP) is 0.995. The SMILES string of the molecule is NC(=O)CN1CCC(NC(=O)[C@@H]2C[C@H]2c2ccc(F)cc2)CC1. The smallest absolute Gasteiger partial charge is 0.231 e. The van der Waals surface area contributed by atoms with E-state index in [0.717, 1.165) is 37.9 Å². The zero-order valence-electron chi connectivity index (χ0n) is 13.0. The molecule has 0 bridgehead atoms. The van der Waals surface area contributed by atoms with E-state index in [4.69, 9.17) is 5.73 Å². The molecule has 124 valence electrons. The molecule has 1 aliphatic heterocycles. The van der Waals surface area contributed by atoms with Gasteiger partial charge in [-0.1, -0.05) is 12.1 Å². The first kappa shape index (κ1) is 15.9. The summed E-state index contributed by atoms with van der Waals surface area (Å²) in [5, 5.41) is 3.11. The van der Waals surface area contributed by atoms with Gasteiger partial charge >= 0.3 is 0 Å². The van der Waals surface area contributed by atoms with Gasteiger partial charge in [0, 0.05) is 25.0 Å². The molecule has 1 saturated heterocycles. The molecule has 6 heteroatoms. The van der Waals surface area contributed by atoms with Crippen molar-refractivity contribution in [1.29, 1.82) is 0 Å². The van der Waals surface area contributed by atoms with E-state index in [0.29, 0.717) is 0 Å². The lowest BCUT2D eigenvalue weighted by atomic mass is 10.0. The number of nitrogens with one attached hydrogen (secondary N) is 1. The van der Waals surface area contributed by atoms with Gasteiger partial charge in [-0.2, -0.15) is 0 Å². The van der Waals surface area contributed by atoms with Crippen molar-refractivity contribution < 1.29 is 14.0 Å². The fourth-order valence-corrected chi connectivity index (χ4v) is 3.33. The van der Waals surface area contributed by atoms with Gasteiger partial charge in [0.25, 0.3) is 0 Å². The standard InChI is InChI=1S/C17H22FN3O2/c18-12-3-1-11(2-4-12)14-9-15(14)17(23)20-13-5-7-21(8-6-13)10-16(19)22/h1-4,13-15H,5-10H2,(H2,19,22)(H,20,23)/t14-,15+/m0/s1. The van der Waals surface area contributed by atoms with E-state index in [-0.39, 0.29) is 42.1 Å². The Balaban J connectivity index is 1.44. The third-order valence-corrected chi connectivity index (χ3v) is 4.74. The summed E-state index contributed by atoms with van der Waals surface area (Å²) in [7, 11) is 0. The van der Waals surface area contributed by atoms with Crippen molar-refractivity contribution in [2.24, 2.45) is 11.7 Å². The van der Waals surface area contributed by atoms with Gasteiger partial charge in [0.2, 0.25) is 11.8 Å². The average Bonchev–Trinajstić information content (AvgIpc) is 3.30. The molecule has 23 heavy (non-hydrogen) atoms. The van der Waals surface area contributed by atoms with Crippen molar-refractivity contribution in [1.82, 2.24) is 10.2 Å². The normalized spacial score (nSPS) is 25.1. The lowest BCUT2D eigenvalue weighted by molar-refractivity contribution is -0.124. The molecule has 1 aromatic carbocycles. The number of amides is 2. The van der Waals surface area contributed by atoms with Crippen molar-refractivity contribution in [2.75, 3.05) is 19.6 Å². The summed E-state index contributed by atoms with van der Waals surface area (Å²) in [6.45, 7) is 1.84. The Morgan fingerprint density at radius 2 is 1.87 bits per heavy atom. The van der Waals surface area contributed by atoms with Crippen molar-refractivity contribution in [2.45, 2.75) is 31.2 Å². The summed E-state index contributed by atoms with van der Waals surface area (Å²) in [5.74, 6) is -0.256. The van der Waals surface area contributed by atoms with Gasteiger partial charge in [0.1, 0.15) is 5.82 Å². The highest BCUT2D eigenvalue weighted by Crippen LogP contribution is 2.47. The molecule has 1 saturated carbocycles. The summed E-state index contributed by atoms with van der Waals surface area (Å²) in [4.78, 5) is 25.2. The van der Waals surface area contributed by atoms with Gasteiger partial charge in [-0.05, 0) is 42.9 Å². The zero-order valence-corrected chi connectivity index (χ0v) is 13.0. The van der Waals surface area contributed by atoms with Crippen molar-refractivity contribution in [3.8, 4) is 0 Å². The Hall–Kier alpha value is -1.95. The molecule has 3 N–H and O–H groups in total. The molecule has 0 radical (unpaired) electrons. The molecule has 2 fully saturated rings. The van der Waals surface area contributed by atoms with Crippen LogP contribution in [0.25, 0.3) is 0 Å². The van der Waals surface area contributed by atoms with Crippen LogP contribution in [0.15, 0.2) is 24.3 Å². The maximum Gasteiger partial charge on any atom is 0.231 e. The Morgan fingerprint density at radius 1 is 1.22 bits per heavy atom. The minimum absolute atomic E-state index is 0.00381. The van der Waals surface area contributed by atoms with Crippen LogP contribution in [0.4, 0.5) is 4.39 Å². The lowest BCUT2D eigenvalue weighted by Crippen LogP contribution is -2.47. The van der Waals surface area contributed by atoms with E-state index in [1.54, 1.807) is 12.1 Å². The maximum absolute atomic E-state index is 12.9. The number of likely N-dealkylation sites (tertiary alicyclic amines) is 1. The quantitative estimate of drug-likeness (QED) is 0.850. The monoisotopic (exact) mass is 319 g/mol. The largest absolute Gasteiger partial charge is 0.369 e. The van der Waals surface area contributed by atoms with Crippen molar-refractivity contribution in [3.63, 3.8) is 0 Å². The second kappa shape index (κ2) is 6.66. The third-order valence-electron chi connectivity index (χ3n) is 4.74. The van der Waals surface area contributed by atoms with Crippen LogP contribution in [0.5, 0.6) is 0 Å². The molecule has 3 rings (SSSR count). The third kappa shape index (κ3) is 4.07. The van der Waals surface area contributed by atoms with Crippen LogP contribution < -0.4 is 11.1 Å². The Bertz CT molecular complexity index is 582. The number of nitrogens with zero attached hydrogens (tertiary/aromatic N) is 1. The second-order valence-corrected chi connectivity index (χ2v) is 6.53. The van der Waals surface area contributed by atoms with Gasteiger partial charge in [-0.3, -0.25) is 14.5 Å². The molecule has 1 aliphatic carbocycles. The van der Waals surface area contributed by atoms with E-state index in [1.807, 2.05) is 4.90 Å². The molecule has 1 heterocycles. The van der Waals surface area contributed by atoms with Crippen LogP contribution >= 0.6 is 0 Å². The number of primary amides is 1. The van der Waals surface area contributed by atoms with Crippen LogP contribution in [0.3, 0.4) is 0 Å². The van der Waals surface area contributed by atoms with Crippen molar-refractivity contribution in [3.05, 3.63) is 35.6 Å². The second-order valence-electron chi connectivity index (χ2n) is 6.53. The number of halogens is 1. The maximum atomic E-state index is 12.9.